The summed E-state index contributed by atoms with van der Waals surface area (Å²) in [6, 6.07) is 2.84. The van der Waals surface area contributed by atoms with Crippen LogP contribution in [0.15, 0.2) is 23.1 Å². The van der Waals surface area contributed by atoms with Gasteiger partial charge >= 0.3 is 5.51 Å². The number of nitrogens with zero attached hydrogens (tertiary/aromatic N) is 1. The van der Waals surface area contributed by atoms with Gasteiger partial charge in [0.15, 0.2) is 0 Å². The van der Waals surface area contributed by atoms with Crippen LogP contribution in [0, 0.1) is 0 Å². The summed E-state index contributed by atoms with van der Waals surface area (Å²) in [6.45, 7) is 0.282. The third-order valence-corrected chi connectivity index (χ3v) is 4.10. The minimum atomic E-state index is -4.52. The van der Waals surface area contributed by atoms with Crippen LogP contribution in [0.1, 0.15) is 16.8 Å². The summed E-state index contributed by atoms with van der Waals surface area (Å²) in [5, 5.41) is 8.60. The molecule has 1 aromatic rings. The highest BCUT2D eigenvalue weighted by Crippen LogP contribution is 2.42. The maximum absolute atomic E-state index is 12.6. The number of nitrogens with one attached hydrogen (secondary N) is 1. The zero-order valence-corrected chi connectivity index (χ0v) is 12.7. The van der Waals surface area contributed by atoms with Crippen molar-refractivity contribution in [2.24, 2.45) is 0 Å². The van der Waals surface area contributed by atoms with Crippen LogP contribution in [0.4, 0.5) is 13.2 Å². The molecule has 1 fully saturated rings. The molecule has 0 aromatic heterocycles. The van der Waals surface area contributed by atoms with E-state index in [2.05, 4.69) is 0 Å². The maximum atomic E-state index is 12.6. The molecule has 1 atom stereocenters. The van der Waals surface area contributed by atoms with Gasteiger partial charge in [-0.05, 0) is 36.4 Å². The van der Waals surface area contributed by atoms with Crippen LogP contribution in [-0.4, -0.2) is 47.1 Å². The topological polar surface area (TPSA) is 78.9 Å². The maximum Gasteiger partial charge on any atom is 0.446 e. The van der Waals surface area contributed by atoms with E-state index in [0.717, 1.165) is 6.07 Å². The molecule has 0 spiro atoms. The van der Waals surface area contributed by atoms with Crippen LogP contribution in [-0.2, 0) is 4.79 Å². The number of halogens is 3. The normalized spacial score (nSPS) is 17.4. The Morgan fingerprint density at radius 2 is 2.13 bits per heavy atom. The number of methoxy groups -OCH3 is 1. The molecule has 10 heteroatoms. The first-order chi connectivity index (χ1) is 10.8. The molecule has 1 aliphatic rings. The van der Waals surface area contributed by atoms with E-state index in [-0.39, 0.29) is 34.5 Å². The van der Waals surface area contributed by atoms with E-state index >= 15 is 0 Å². The van der Waals surface area contributed by atoms with Crippen molar-refractivity contribution in [3.63, 3.8) is 0 Å². The summed E-state index contributed by atoms with van der Waals surface area (Å²) in [5.41, 5.74) is -3.06. The molecule has 126 valence electrons. The summed E-state index contributed by atoms with van der Waals surface area (Å²) < 4.78 is 42.6. The lowest BCUT2D eigenvalue weighted by molar-refractivity contribution is -0.137. The lowest BCUT2D eigenvalue weighted by atomic mass is 10.0. The lowest BCUT2D eigenvalue weighted by Gasteiger charge is -2.39. The molecule has 23 heavy (non-hydrogen) atoms. The molecule has 2 N–H and O–H groups in total. The van der Waals surface area contributed by atoms with Gasteiger partial charge in [-0.25, -0.2) is 5.48 Å². The van der Waals surface area contributed by atoms with Crippen LogP contribution in [0.2, 0.25) is 0 Å². The highest BCUT2D eigenvalue weighted by atomic mass is 32.2. The number of amides is 2. The van der Waals surface area contributed by atoms with Crippen molar-refractivity contribution in [2.45, 2.75) is 22.9 Å². The number of hydrogen-bond acceptors (Lipinski definition) is 5. The number of alkyl halides is 3. The molecule has 2 rings (SSSR count). The number of hydroxylamine groups is 1. The van der Waals surface area contributed by atoms with Crippen LogP contribution < -0.4 is 10.2 Å². The zero-order chi connectivity index (χ0) is 17.2. The molecule has 0 radical (unpaired) electrons. The molecule has 0 unspecified atom stereocenters. The standard InChI is InChI=1S/C13H13F3N2O4S/c1-22-9-3-2-7(6-10(9)23-13(14,15)16)12(20)18-5-4-8(18)11(19)17-21/h2-3,6,8,21H,4-5H2,1H3,(H,17,19)/t8-/m1/s1. The highest BCUT2D eigenvalue weighted by Gasteiger charge is 2.38. The third-order valence-electron chi connectivity index (χ3n) is 3.33. The van der Waals surface area contributed by atoms with E-state index < -0.39 is 23.4 Å². The average Bonchev–Trinajstić information content (AvgIpc) is 2.44. The molecule has 1 aromatic carbocycles. The Hall–Kier alpha value is -1.94. The number of ether oxygens (including phenoxy) is 1. The SMILES string of the molecule is COc1ccc(C(=O)N2CC[C@@H]2C(=O)NO)cc1SC(F)(F)F. The van der Waals surface area contributed by atoms with Gasteiger partial charge in [0.2, 0.25) is 0 Å². The summed E-state index contributed by atoms with van der Waals surface area (Å²) in [5.74, 6) is -1.32. The van der Waals surface area contributed by atoms with Crippen LogP contribution >= 0.6 is 11.8 Å². The van der Waals surface area contributed by atoms with E-state index in [1.807, 2.05) is 0 Å². The first kappa shape index (κ1) is 17.4. The Morgan fingerprint density at radius 3 is 2.61 bits per heavy atom. The molecule has 6 nitrogen and oxygen atoms in total. The Kier molecular flexibility index (Phi) is 5.05. The third kappa shape index (κ3) is 3.88. The van der Waals surface area contributed by atoms with Gasteiger partial charge in [-0.3, -0.25) is 14.8 Å². The van der Waals surface area contributed by atoms with Crippen molar-refractivity contribution in [1.29, 1.82) is 0 Å². The second kappa shape index (κ2) is 6.67. The number of likely N-dealkylation sites (tertiary alicyclic amines) is 1. The van der Waals surface area contributed by atoms with Crippen LogP contribution in [0.25, 0.3) is 0 Å². The molecule has 1 aliphatic heterocycles. The van der Waals surface area contributed by atoms with Crippen molar-refractivity contribution >= 4 is 23.6 Å². The average molecular weight is 350 g/mol. The van der Waals surface area contributed by atoms with Crippen molar-refractivity contribution < 1.29 is 32.7 Å². The van der Waals surface area contributed by atoms with E-state index in [1.165, 1.54) is 29.6 Å². The number of carbonyl (C=O) groups is 2. The van der Waals surface area contributed by atoms with Gasteiger partial charge < -0.3 is 9.64 Å². The predicted molar refractivity (Wildman–Crippen MR) is 74.3 cm³/mol. The monoisotopic (exact) mass is 350 g/mol. The van der Waals surface area contributed by atoms with Gasteiger partial charge in [0.25, 0.3) is 11.8 Å². The Bertz CT molecular complexity index is 624. The van der Waals surface area contributed by atoms with E-state index in [0.29, 0.717) is 6.42 Å². The predicted octanol–water partition coefficient (Wildman–Crippen LogP) is 2.03. The van der Waals surface area contributed by atoms with E-state index in [1.54, 1.807) is 0 Å². The second-order valence-electron chi connectivity index (χ2n) is 4.69. The van der Waals surface area contributed by atoms with Crippen molar-refractivity contribution in [3.05, 3.63) is 23.8 Å². The number of carbonyl (C=O) groups excluding carboxylic acids is 2. The number of thioether (sulfide) groups is 1. The summed E-state index contributed by atoms with van der Waals surface area (Å²) in [4.78, 5) is 24.6. The van der Waals surface area contributed by atoms with Gasteiger partial charge in [0, 0.05) is 12.1 Å². The smallest absolute Gasteiger partial charge is 0.446 e. The van der Waals surface area contributed by atoms with Gasteiger partial charge in [-0.2, -0.15) is 13.2 Å². The summed E-state index contributed by atoms with van der Waals surface area (Å²) in [6.07, 6.45) is 0.373. The molecule has 1 heterocycles. The van der Waals surface area contributed by atoms with Gasteiger partial charge in [-0.1, -0.05) is 0 Å². The Morgan fingerprint density at radius 1 is 1.43 bits per heavy atom. The molecule has 0 aliphatic carbocycles. The van der Waals surface area contributed by atoms with Gasteiger partial charge in [0.1, 0.15) is 11.8 Å². The lowest BCUT2D eigenvalue weighted by Crippen LogP contribution is -2.57. The number of rotatable bonds is 4. The fourth-order valence-electron chi connectivity index (χ4n) is 2.16. The van der Waals surface area contributed by atoms with E-state index in [9.17, 15) is 22.8 Å². The molecular weight excluding hydrogens is 337 g/mol. The first-order valence-electron chi connectivity index (χ1n) is 6.45. The van der Waals surface area contributed by atoms with Crippen molar-refractivity contribution in [1.82, 2.24) is 10.4 Å². The minimum Gasteiger partial charge on any atom is -0.496 e. The zero-order valence-electron chi connectivity index (χ0n) is 11.9. The quantitative estimate of drug-likeness (QED) is 0.493. The number of hydrogen-bond donors (Lipinski definition) is 2. The first-order valence-corrected chi connectivity index (χ1v) is 7.27. The highest BCUT2D eigenvalue weighted by molar-refractivity contribution is 8.00. The minimum absolute atomic E-state index is 0.00265. The summed E-state index contributed by atoms with van der Waals surface area (Å²) in [7, 11) is 1.23. The van der Waals surface area contributed by atoms with Gasteiger partial charge in [0.05, 0.1) is 12.0 Å². The fraction of sp³-hybridized carbons (Fsp3) is 0.385. The van der Waals surface area contributed by atoms with Crippen molar-refractivity contribution in [3.8, 4) is 5.75 Å². The Labute approximate surface area is 133 Å². The fourth-order valence-corrected chi connectivity index (χ4v) is 2.84. The number of benzene rings is 1. The second-order valence-corrected chi connectivity index (χ2v) is 5.80. The molecule has 0 bridgehead atoms. The van der Waals surface area contributed by atoms with Gasteiger partial charge in [-0.15, -0.1) is 0 Å². The molecular formula is C13H13F3N2O4S. The van der Waals surface area contributed by atoms with E-state index in [4.69, 9.17) is 9.94 Å². The largest absolute Gasteiger partial charge is 0.496 e. The summed E-state index contributed by atoms with van der Waals surface area (Å²) >= 11 is -0.383. The molecule has 1 saturated heterocycles. The van der Waals surface area contributed by atoms with Crippen LogP contribution in [0.3, 0.4) is 0 Å². The Balaban J connectivity index is 2.24. The van der Waals surface area contributed by atoms with Crippen molar-refractivity contribution in [2.75, 3.05) is 13.7 Å². The molecule has 2 amide bonds. The van der Waals surface area contributed by atoms with Crippen LogP contribution in [0.5, 0.6) is 5.75 Å². The molecule has 0 saturated carbocycles.